The molecule has 0 aliphatic carbocycles. The van der Waals surface area contributed by atoms with E-state index >= 15 is 0 Å². The van der Waals surface area contributed by atoms with E-state index in [2.05, 4.69) is 15.0 Å². The number of imidazole rings is 1. The first-order valence-corrected chi connectivity index (χ1v) is 9.31. The molecular weight excluding hydrogens is 359 g/mol. The molecule has 2 aromatic heterocycles. The lowest BCUT2D eigenvalue weighted by Gasteiger charge is -2.21. The van der Waals surface area contributed by atoms with Crippen molar-refractivity contribution in [2.75, 3.05) is 13.1 Å². The average molecular weight is 382 g/mol. The van der Waals surface area contributed by atoms with Crippen LogP contribution in [0, 0.1) is 19.7 Å². The normalized spacial score (nSPS) is 14.7. The van der Waals surface area contributed by atoms with Crippen LogP contribution >= 0.6 is 0 Å². The van der Waals surface area contributed by atoms with Gasteiger partial charge in [-0.1, -0.05) is 0 Å². The number of hydrogen-bond donors (Lipinski definition) is 1. The maximum Gasteiger partial charge on any atom is 0.268 e. The van der Waals surface area contributed by atoms with Crippen molar-refractivity contribution in [2.24, 2.45) is 5.73 Å². The first-order chi connectivity index (χ1) is 13.4. The van der Waals surface area contributed by atoms with Gasteiger partial charge in [0.05, 0.1) is 11.4 Å². The smallest absolute Gasteiger partial charge is 0.268 e. The zero-order valence-electron chi connectivity index (χ0n) is 16.0. The Bertz CT molecular complexity index is 1010. The van der Waals surface area contributed by atoms with Gasteiger partial charge in [-0.25, -0.2) is 14.1 Å². The third-order valence-electron chi connectivity index (χ3n) is 5.09. The van der Waals surface area contributed by atoms with Gasteiger partial charge >= 0.3 is 0 Å². The molecule has 7 nitrogen and oxygen atoms in total. The van der Waals surface area contributed by atoms with Gasteiger partial charge in [0.15, 0.2) is 0 Å². The minimum Gasteiger partial charge on any atom is -0.364 e. The van der Waals surface area contributed by atoms with Gasteiger partial charge in [0.25, 0.3) is 5.91 Å². The molecule has 0 atom stereocenters. The molecule has 1 aliphatic rings. The van der Waals surface area contributed by atoms with E-state index in [1.54, 1.807) is 18.3 Å². The van der Waals surface area contributed by atoms with Crippen molar-refractivity contribution in [3.8, 4) is 5.69 Å². The Kier molecular flexibility index (Phi) is 4.72. The summed E-state index contributed by atoms with van der Waals surface area (Å²) in [6, 6.07) is 6.85. The number of halogens is 1. The summed E-state index contributed by atoms with van der Waals surface area (Å²) in [5, 5.41) is 4.55. The predicted molar refractivity (Wildman–Crippen MR) is 103 cm³/mol. The third-order valence-corrected chi connectivity index (χ3v) is 5.09. The first-order valence-electron chi connectivity index (χ1n) is 9.31. The SMILES string of the molecule is Cc1cc(C)n(-c2ccc(F)cc2CN2CCc3nc(C(N)=O)cn3CC2)n1. The quantitative estimate of drug-likeness (QED) is 0.748. The van der Waals surface area contributed by atoms with Gasteiger partial charge in [0.2, 0.25) is 0 Å². The minimum absolute atomic E-state index is 0.255. The van der Waals surface area contributed by atoms with Crippen LogP contribution in [0.3, 0.4) is 0 Å². The van der Waals surface area contributed by atoms with Crippen molar-refractivity contribution >= 4 is 5.91 Å². The zero-order valence-corrected chi connectivity index (χ0v) is 16.0. The predicted octanol–water partition coefficient (Wildman–Crippen LogP) is 1.98. The molecule has 3 aromatic rings. The molecular formula is C20H23FN6O. The van der Waals surface area contributed by atoms with Crippen LogP contribution < -0.4 is 5.73 Å². The highest BCUT2D eigenvalue weighted by Crippen LogP contribution is 2.21. The van der Waals surface area contributed by atoms with Gasteiger partial charge in [-0.15, -0.1) is 0 Å². The molecule has 0 bridgehead atoms. The van der Waals surface area contributed by atoms with Crippen LogP contribution in [0.4, 0.5) is 4.39 Å². The summed E-state index contributed by atoms with van der Waals surface area (Å²) in [7, 11) is 0. The van der Waals surface area contributed by atoms with Crippen molar-refractivity contribution in [1.82, 2.24) is 24.2 Å². The maximum atomic E-state index is 14.0. The highest BCUT2D eigenvalue weighted by atomic mass is 19.1. The highest BCUT2D eigenvalue weighted by molar-refractivity contribution is 5.90. The zero-order chi connectivity index (χ0) is 19.8. The number of aryl methyl sites for hydroxylation is 2. The number of benzene rings is 1. The van der Waals surface area contributed by atoms with Crippen LogP contribution in [0.1, 0.15) is 33.3 Å². The molecule has 1 aromatic carbocycles. The van der Waals surface area contributed by atoms with Crippen LogP contribution in [0.15, 0.2) is 30.5 Å². The lowest BCUT2D eigenvalue weighted by molar-refractivity contribution is 0.0995. The van der Waals surface area contributed by atoms with Gasteiger partial charge < -0.3 is 10.3 Å². The highest BCUT2D eigenvalue weighted by Gasteiger charge is 2.19. The van der Waals surface area contributed by atoms with E-state index in [1.165, 1.54) is 6.07 Å². The van der Waals surface area contributed by atoms with E-state index < -0.39 is 5.91 Å². The monoisotopic (exact) mass is 382 g/mol. The molecule has 0 radical (unpaired) electrons. The van der Waals surface area contributed by atoms with E-state index in [1.807, 2.05) is 29.2 Å². The van der Waals surface area contributed by atoms with Crippen LogP contribution in [-0.4, -0.2) is 43.2 Å². The fourth-order valence-electron chi connectivity index (χ4n) is 3.74. The lowest BCUT2D eigenvalue weighted by Crippen LogP contribution is -2.27. The van der Waals surface area contributed by atoms with Crippen molar-refractivity contribution < 1.29 is 9.18 Å². The molecule has 3 heterocycles. The molecule has 0 spiro atoms. The fraction of sp³-hybridized carbons (Fsp3) is 0.350. The van der Waals surface area contributed by atoms with Gasteiger partial charge in [0, 0.05) is 44.5 Å². The van der Waals surface area contributed by atoms with E-state index in [0.717, 1.165) is 41.6 Å². The number of amides is 1. The second-order valence-electron chi connectivity index (χ2n) is 7.24. The fourth-order valence-corrected chi connectivity index (χ4v) is 3.74. The number of nitrogens with two attached hydrogens (primary N) is 1. The summed E-state index contributed by atoms with van der Waals surface area (Å²) in [5.41, 5.74) is 9.36. The molecule has 0 saturated carbocycles. The van der Waals surface area contributed by atoms with E-state index in [4.69, 9.17) is 5.73 Å². The second-order valence-corrected chi connectivity index (χ2v) is 7.24. The molecule has 146 valence electrons. The minimum atomic E-state index is -0.508. The van der Waals surface area contributed by atoms with Gasteiger partial charge in [0.1, 0.15) is 17.3 Å². The lowest BCUT2D eigenvalue weighted by atomic mass is 10.1. The van der Waals surface area contributed by atoms with Crippen molar-refractivity contribution in [1.29, 1.82) is 0 Å². The molecule has 0 unspecified atom stereocenters. The molecule has 1 aliphatic heterocycles. The van der Waals surface area contributed by atoms with Crippen LogP contribution in [0.5, 0.6) is 0 Å². The summed E-state index contributed by atoms with van der Waals surface area (Å²) < 4.78 is 17.8. The van der Waals surface area contributed by atoms with Gasteiger partial charge in [-0.05, 0) is 43.7 Å². The Hall–Kier alpha value is -3.00. The van der Waals surface area contributed by atoms with E-state index in [-0.39, 0.29) is 5.82 Å². The summed E-state index contributed by atoms with van der Waals surface area (Å²) in [6.45, 7) is 6.80. The molecule has 2 N–H and O–H groups in total. The van der Waals surface area contributed by atoms with Crippen LogP contribution in [0.25, 0.3) is 5.69 Å². The summed E-state index contributed by atoms with van der Waals surface area (Å²) in [4.78, 5) is 17.9. The Morgan fingerprint density at radius 1 is 1.21 bits per heavy atom. The van der Waals surface area contributed by atoms with E-state index in [9.17, 15) is 9.18 Å². The molecule has 0 saturated heterocycles. The Balaban J connectivity index is 1.56. The standard InChI is InChI=1S/C20H23FN6O/c1-13-9-14(2)27(24-13)18-4-3-16(21)10-15(18)11-25-6-5-19-23-17(20(22)28)12-26(19)8-7-25/h3-4,9-10,12H,5-8,11H2,1-2H3,(H2,22,28). The van der Waals surface area contributed by atoms with Crippen molar-refractivity contribution in [2.45, 2.75) is 33.4 Å². The maximum absolute atomic E-state index is 14.0. The van der Waals surface area contributed by atoms with Crippen LogP contribution in [0.2, 0.25) is 0 Å². The third kappa shape index (κ3) is 3.55. The summed E-state index contributed by atoms with van der Waals surface area (Å²) >= 11 is 0. The number of carbonyl (C=O) groups is 1. The largest absolute Gasteiger partial charge is 0.364 e. The Labute approximate surface area is 162 Å². The molecule has 28 heavy (non-hydrogen) atoms. The number of rotatable bonds is 4. The second kappa shape index (κ2) is 7.20. The number of fused-ring (bicyclic) bond motifs is 1. The van der Waals surface area contributed by atoms with Gasteiger partial charge in [-0.2, -0.15) is 5.10 Å². The topological polar surface area (TPSA) is 82.0 Å². The first kappa shape index (κ1) is 18.4. The number of nitrogens with zero attached hydrogens (tertiary/aromatic N) is 5. The summed E-state index contributed by atoms with van der Waals surface area (Å²) in [5.74, 6) is 0.0927. The van der Waals surface area contributed by atoms with Crippen molar-refractivity contribution in [3.05, 3.63) is 64.7 Å². The van der Waals surface area contributed by atoms with Crippen molar-refractivity contribution in [3.63, 3.8) is 0 Å². The molecule has 0 fully saturated rings. The molecule has 1 amide bonds. The van der Waals surface area contributed by atoms with Crippen LogP contribution in [-0.2, 0) is 19.5 Å². The molecule has 4 rings (SSSR count). The number of primary amides is 1. The molecule has 8 heteroatoms. The van der Waals surface area contributed by atoms with Gasteiger partial charge in [-0.3, -0.25) is 9.69 Å². The average Bonchev–Trinajstić information content (AvgIpc) is 3.15. The number of hydrogen-bond acceptors (Lipinski definition) is 4. The Morgan fingerprint density at radius 3 is 2.75 bits per heavy atom. The van der Waals surface area contributed by atoms with E-state index in [0.29, 0.717) is 25.2 Å². The number of carbonyl (C=O) groups excluding carboxylic acids is 1. The summed E-state index contributed by atoms with van der Waals surface area (Å²) in [6.07, 6.45) is 2.42. The number of aromatic nitrogens is 4. The Morgan fingerprint density at radius 2 is 2.04 bits per heavy atom.